The minimum Gasteiger partial charge on any atom is -0.322 e. The third kappa shape index (κ3) is 2.09. The molecule has 0 spiro atoms. The van der Waals surface area contributed by atoms with Gasteiger partial charge in [0.05, 0.1) is 0 Å². The summed E-state index contributed by atoms with van der Waals surface area (Å²) in [5.74, 6) is -0.220. The second kappa shape index (κ2) is 3.39. The first kappa shape index (κ1) is 10.7. The Labute approximate surface area is 86.3 Å². The maximum Gasteiger partial charge on any atom is 0.132 e. The molecular weight excluding hydrogens is 233 g/mol. The van der Waals surface area contributed by atoms with Crippen LogP contribution in [0.2, 0.25) is 0 Å². The molecule has 0 amide bonds. The van der Waals surface area contributed by atoms with E-state index in [0.717, 1.165) is 4.47 Å². The van der Waals surface area contributed by atoms with Crippen molar-refractivity contribution in [3.8, 4) is 0 Å². The van der Waals surface area contributed by atoms with Gasteiger partial charge in [0.25, 0.3) is 0 Å². The molecule has 0 aliphatic rings. The zero-order valence-corrected chi connectivity index (χ0v) is 9.57. The molecule has 0 aliphatic carbocycles. The lowest BCUT2D eigenvalue weighted by molar-refractivity contribution is 0.495. The lowest BCUT2D eigenvalue weighted by Gasteiger charge is -2.22. The Kier molecular flexibility index (Phi) is 2.78. The van der Waals surface area contributed by atoms with Gasteiger partial charge in [-0.15, -0.1) is 0 Å². The fourth-order valence-electron chi connectivity index (χ4n) is 1.25. The standard InChI is InChI=1S/C10H13BrFN/c1-6-4-5-7(11)8(9(6)12)10(2,3)13/h4-5H,13H2,1-3H3. The molecule has 72 valence electrons. The van der Waals surface area contributed by atoms with E-state index >= 15 is 0 Å². The molecule has 0 heterocycles. The van der Waals surface area contributed by atoms with Crippen molar-refractivity contribution in [1.29, 1.82) is 0 Å². The molecule has 1 nitrogen and oxygen atoms in total. The second-order valence-electron chi connectivity index (χ2n) is 3.77. The van der Waals surface area contributed by atoms with Crippen LogP contribution in [0.4, 0.5) is 4.39 Å². The molecule has 0 atom stereocenters. The van der Waals surface area contributed by atoms with E-state index in [9.17, 15) is 4.39 Å². The molecule has 0 saturated carbocycles. The number of rotatable bonds is 1. The van der Waals surface area contributed by atoms with Gasteiger partial charge in [0, 0.05) is 15.6 Å². The van der Waals surface area contributed by atoms with Gasteiger partial charge in [0.15, 0.2) is 0 Å². The Morgan fingerprint density at radius 1 is 1.38 bits per heavy atom. The van der Waals surface area contributed by atoms with Crippen LogP contribution in [0.5, 0.6) is 0 Å². The molecule has 0 bridgehead atoms. The van der Waals surface area contributed by atoms with Gasteiger partial charge in [-0.1, -0.05) is 22.0 Å². The monoisotopic (exact) mass is 245 g/mol. The van der Waals surface area contributed by atoms with Crippen molar-refractivity contribution in [2.75, 3.05) is 0 Å². The van der Waals surface area contributed by atoms with Crippen LogP contribution in [0.25, 0.3) is 0 Å². The highest BCUT2D eigenvalue weighted by atomic mass is 79.9. The van der Waals surface area contributed by atoms with E-state index < -0.39 is 5.54 Å². The fraction of sp³-hybridized carbons (Fsp3) is 0.400. The summed E-state index contributed by atoms with van der Waals surface area (Å²) >= 11 is 3.30. The summed E-state index contributed by atoms with van der Waals surface area (Å²) in [6.07, 6.45) is 0. The Hall–Kier alpha value is -0.410. The van der Waals surface area contributed by atoms with Crippen molar-refractivity contribution < 1.29 is 4.39 Å². The molecule has 2 N–H and O–H groups in total. The van der Waals surface area contributed by atoms with Crippen molar-refractivity contribution in [1.82, 2.24) is 0 Å². The van der Waals surface area contributed by atoms with E-state index in [-0.39, 0.29) is 5.82 Å². The van der Waals surface area contributed by atoms with Gasteiger partial charge in [0.1, 0.15) is 5.82 Å². The van der Waals surface area contributed by atoms with E-state index in [0.29, 0.717) is 11.1 Å². The number of benzene rings is 1. The smallest absolute Gasteiger partial charge is 0.132 e. The normalized spacial score (nSPS) is 11.8. The van der Waals surface area contributed by atoms with Gasteiger partial charge in [-0.2, -0.15) is 0 Å². The Bertz CT molecular complexity index is 328. The van der Waals surface area contributed by atoms with Gasteiger partial charge in [-0.3, -0.25) is 0 Å². The third-order valence-corrected chi connectivity index (χ3v) is 2.59. The molecule has 0 saturated heterocycles. The largest absolute Gasteiger partial charge is 0.322 e. The molecular formula is C10H13BrFN. The average molecular weight is 246 g/mol. The highest BCUT2D eigenvalue weighted by Crippen LogP contribution is 2.30. The first-order chi connectivity index (χ1) is 5.84. The molecule has 1 aromatic carbocycles. The zero-order chi connectivity index (χ0) is 10.2. The summed E-state index contributed by atoms with van der Waals surface area (Å²) in [4.78, 5) is 0. The summed E-state index contributed by atoms with van der Waals surface area (Å²) < 4.78 is 14.4. The van der Waals surface area contributed by atoms with Crippen LogP contribution in [0.15, 0.2) is 16.6 Å². The van der Waals surface area contributed by atoms with E-state index in [4.69, 9.17) is 5.73 Å². The number of hydrogen-bond acceptors (Lipinski definition) is 1. The predicted molar refractivity (Wildman–Crippen MR) is 56.1 cm³/mol. The number of halogens is 2. The van der Waals surface area contributed by atoms with E-state index in [1.54, 1.807) is 26.8 Å². The minimum atomic E-state index is -0.658. The maximum atomic E-state index is 13.6. The van der Waals surface area contributed by atoms with Crippen molar-refractivity contribution in [3.63, 3.8) is 0 Å². The molecule has 0 fully saturated rings. The molecule has 0 aromatic heterocycles. The fourth-order valence-corrected chi connectivity index (χ4v) is 2.06. The van der Waals surface area contributed by atoms with Crippen molar-refractivity contribution in [2.45, 2.75) is 26.3 Å². The first-order valence-corrected chi connectivity index (χ1v) is 4.87. The molecule has 3 heteroatoms. The molecule has 1 rings (SSSR count). The quantitative estimate of drug-likeness (QED) is 0.809. The summed E-state index contributed by atoms with van der Waals surface area (Å²) in [5.41, 5.74) is 6.36. The molecule has 0 unspecified atom stereocenters. The number of nitrogens with two attached hydrogens (primary N) is 1. The molecule has 0 radical (unpaired) electrons. The minimum absolute atomic E-state index is 0.220. The Morgan fingerprint density at radius 2 is 1.92 bits per heavy atom. The van der Waals surface area contributed by atoms with Gasteiger partial charge in [0.2, 0.25) is 0 Å². The Morgan fingerprint density at radius 3 is 2.31 bits per heavy atom. The molecule has 0 aliphatic heterocycles. The van der Waals surface area contributed by atoms with Crippen LogP contribution in [-0.2, 0) is 5.54 Å². The SMILES string of the molecule is Cc1ccc(Br)c(C(C)(C)N)c1F. The molecule has 1 aromatic rings. The van der Waals surface area contributed by atoms with Crippen LogP contribution in [0, 0.1) is 12.7 Å². The van der Waals surface area contributed by atoms with Gasteiger partial charge in [-0.05, 0) is 32.4 Å². The van der Waals surface area contributed by atoms with Crippen molar-refractivity contribution >= 4 is 15.9 Å². The number of aryl methyl sites for hydroxylation is 1. The summed E-state index contributed by atoms with van der Waals surface area (Å²) in [5, 5.41) is 0. The number of hydrogen-bond donors (Lipinski definition) is 1. The average Bonchev–Trinajstić information content (AvgIpc) is 1.95. The van der Waals surface area contributed by atoms with Crippen molar-refractivity contribution in [3.05, 3.63) is 33.5 Å². The van der Waals surface area contributed by atoms with Crippen LogP contribution >= 0.6 is 15.9 Å². The first-order valence-electron chi connectivity index (χ1n) is 4.08. The van der Waals surface area contributed by atoms with E-state index in [1.807, 2.05) is 6.07 Å². The summed E-state index contributed by atoms with van der Waals surface area (Å²) in [6, 6.07) is 3.55. The van der Waals surface area contributed by atoms with Crippen LogP contribution in [0.3, 0.4) is 0 Å². The topological polar surface area (TPSA) is 26.0 Å². The van der Waals surface area contributed by atoms with Gasteiger partial charge >= 0.3 is 0 Å². The lowest BCUT2D eigenvalue weighted by Crippen LogP contribution is -2.30. The van der Waals surface area contributed by atoms with Crippen LogP contribution < -0.4 is 5.73 Å². The highest BCUT2D eigenvalue weighted by molar-refractivity contribution is 9.10. The summed E-state index contributed by atoms with van der Waals surface area (Å²) in [7, 11) is 0. The highest BCUT2D eigenvalue weighted by Gasteiger charge is 2.22. The zero-order valence-electron chi connectivity index (χ0n) is 7.99. The van der Waals surface area contributed by atoms with E-state index in [1.165, 1.54) is 0 Å². The second-order valence-corrected chi connectivity index (χ2v) is 4.63. The van der Waals surface area contributed by atoms with Gasteiger partial charge < -0.3 is 5.73 Å². The third-order valence-electron chi connectivity index (χ3n) is 1.93. The summed E-state index contributed by atoms with van der Waals surface area (Å²) in [6.45, 7) is 5.31. The predicted octanol–water partition coefficient (Wildman–Crippen LogP) is 3.09. The van der Waals surface area contributed by atoms with Gasteiger partial charge in [-0.25, -0.2) is 4.39 Å². The van der Waals surface area contributed by atoms with E-state index in [2.05, 4.69) is 15.9 Å². The van der Waals surface area contributed by atoms with Crippen molar-refractivity contribution in [2.24, 2.45) is 5.73 Å². The van der Waals surface area contributed by atoms with Crippen LogP contribution in [0.1, 0.15) is 25.0 Å². The maximum absolute atomic E-state index is 13.6. The lowest BCUT2D eigenvalue weighted by atomic mass is 9.93. The molecule has 13 heavy (non-hydrogen) atoms. The Balaban J connectivity index is 3.43. The van der Waals surface area contributed by atoms with Crippen LogP contribution in [-0.4, -0.2) is 0 Å².